The molecule has 0 unspecified atom stereocenters. The lowest BCUT2D eigenvalue weighted by molar-refractivity contribution is -0.136. The molecule has 0 fully saturated rings. The molecular weight excluding hydrogens is 299 g/mol. The number of aromatic carboxylic acids is 1. The minimum absolute atomic E-state index is 0.0346. The third kappa shape index (κ3) is 5.43. The largest absolute Gasteiger partial charge is 0.476 e. The molecule has 2 amide bonds. The summed E-state index contributed by atoms with van der Waals surface area (Å²) in [7, 11) is 1.24. The Bertz CT molecular complexity index is 490. The number of carboxylic acids is 1. The first-order valence-electron chi connectivity index (χ1n) is 5.42. The monoisotopic (exact) mass is 311 g/mol. The van der Waals surface area contributed by atoms with Crippen molar-refractivity contribution in [3.63, 3.8) is 0 Å². The van der Waals surface area contributed by atoms with E-state index in [1.165, 1.54) is 12.4 Å². The minimum Gasteiger partial charge on any atom is -0.476 e. The van der Waals surface area contributed by atoms with Crippen molar-refractivity contribution in [3.8, 4) is 0 Å². The molecule has 0 spiro atoms. The normalized spacial score (nSPS) is 11.2. The van der Waals surface area contributed by atoms with E-state index in [-0.39, 0.29) is 12.2 Å². The van der Waals surface area contributed by atoms with Gasteiger partial charge in [0.05, 0.1) is 13.0 Å². The Morgan fingerprint density at radius 1 is 1.50 bits per heavy atom. The maximum atomic E-state index is 12.0. The SMILES string of the molecule is CN(CCC(F)(F)F)C(=O)NCc1nc(C(=O)O)cs1. The van der Waals surface area contributed by atoms with E-state index in [2.05, 4.69) is 10.3 Å². The van der Waals surface area contributed by atoms with Gasteiger partial charge in [-0.2, -0.15) is 13.2 Å². The third-order valence-corrected chi connectivity index (χ3v) is 3.09. The third-order valence-electron chi connectivity index (χ3n) is 2.24. The van der Waals surface area contributed by atoms with Crippen LogP contribution < -0.4 is 5.32 Å². The van der Waals surface area contributed by atoms with Crippen molar-refractivity contribution in [3.05, 3.63) is 16.1 Å². The fourth-order valence-corrected chi connectivity index (χ4v) is 1.88. The van der Waals surface area contributed by atoms with Crippen LogP contribution >= 0.6 is 11.3 Å². The van der Waals surface area contributed by atoms with Crippen molar-refractivity contribution < 1.29 is 27.9 Å². The number of rotatable bonds is 5. The fourth-order valence-electron chi connectivity index (χ4n) is 1.17. The number of alkyl halides is 3. The quantitative estimate of drug-likeness (QED) is 0.870. The van der Waals surface area contributed by atoms with E-state index in [1.54, 1.807) is 0 Å². The molecule has 10 heteroatoms. The molecule has 1 aromatic rings. The average Bonchev–Trinajstić information content (AvgIpc) is 2.81. The minimum atomic E-state index is -4.32. The van der Waals surface area contributed by atoms with Crippen LogP contribution in [0, 0.1) is 0 Å². The standard InChI is InChI=1S/C10H12F3N3O3S/c1-16(3-2-10(11,12)13)9(19)14-4-7-15-6(5-20-7)8(17)18/h5H,2-4H2,1H3,(H,14,19)(H,17,18). The van der Waals surface area contributed by atoms with Crippen molar-refractivity contribution >= 4 is 23.3 Å². The molecule has 0 radical (unpaired) electrons. The smallest absolute Gasteiger partial charge is 0.390 e. The van der Waals surface area contributed by atoms with Gasteiger partial charge in [-0.05, 0) is 0 Å². The number of halogens is 3. The Hall–Kier alpha value is -1.84. The lowest BCUT2D eigenvalue weighted by atomic mass is 10.4. The van der Waals surface area contributed by atoms with Gasteiger partial charge in [0.25, 0.3) is 0 Å². The van der Waals surface area contributed by atoms with Gasteiger partial charge in [-0.1, -0.05) is 0 Å². The Balaban J connectivity index is 2.40. The van der Waals surface area contributed by atoms with Crippen LogP contribution in [0.4, 0.5) is 18.0 Å². The Morgan fingerprint density at radius 3 is 2.65 bits per heavy atom. The summed E-state index contributed by atoms with van der Waals surface area (Å²) in [6.45, 7) is -0.485. The van der Waals surface area contributed by atoms with Gasteiger partial charge in [-0.15, -0.1) is 11.3 Å². The van der Waals surface area contributed by atoms with Crippen LogP contribution in [0.2, 0.25) is 0 Å². The molecule has 0 bridgehead atoms. The van der Waals surface area contributed by atoms with Gasteiger partial charge >= 0.3 is 18.2 Å². The van der Waals surface area contributed by atoms with E-state index < -0.39 is 31.1 Å². The molecule has 0 saturated carbocycles. The lowest BCUT2D eigenvalue weighted by Crippen LogP contribution is -2.38. The Morgan fingerprint density at radius 2 is 2.15 bits per heavy atom. The first kappa shape index (κ1) is 16.2. The predicted molar refractivity (Wildman–Crippen MR) is 64.6 cm³/mol. The summed E-state index contributed by atoms with van der Waals surface area (Å²) in [4.78, 5) is 26.7. The Labute approximate surface area is 116 Å². The summed E-state index contributed by atoms with van der Waals surface area (Å²) in [6, 6.07) is -0.679. The summed E-state index contributed by atoms with van der Waals surface area (Å²) in [6.07, 6.45) is -5.41. The van der Waals surface area contributed by atoms with Crippen molar-refractivity contribution in [2.24, 2.45) is 0 Å². The predicted octanol–water partition coefficient (Wildman–Crippen LogP) is 1.94. The molecule has 0 aliphatic heterocycles. The number of amides is 2. The number of carbonyl (C=O) groups excluding carboxylic acids is 1. The Kier molecular flexibility index (Phi) is 5.31. The van der Waals surface area contributed by atoms with Crippen LogP contribution in [0.3, 0.4) is 0 Å². The summed E-state index contributed by atoms with van der Waals surface area (Å²) in [5, 5.41) is 12.7. The van der Waals surface area contributed by atoms with Gasteiger partial charge in [-0.25, -0.2) is 14.6 Å². The molecule has 0 aliphatic rings. The number of nitrogens with zero attached hydrogens (tertiary/aromatic N) is 2. The molecule has 1 rings (SSSR count). The van der Waals surface area contributed by atoms with Crippen molar-refractivity contribution in [2.75, 3.05) is 13.6 Å². The van der Waals surface area contributed by atoms with E-state index in [4.69, 9.17) is 5.11 Å². The van der Waals surface area contributed by atoms with Crippen LogP contribution in [-0.2, 0) is 6.54 Å². The number of hydrogen-bond donors (Lipinski definition) is 2. The molecule has 1 aromatic heterocycles. The highest BCUT2D eigenvalue weighted by Crippen LogP contribution is 2.19. The van der Waals surface area contributed by atoms with E-state index in [1.807, 2.05) is 0 Å². The van der Waals surface area contributed by atoms with Crippen molar-refractivity contribution in [1.82, 2.24) is 15.2 Å². The molecule has 0 aromatic carbocycles. The van der Waals surface area contributed by atoms with Gasteiger partial charge < -0.3 is 15.3 Å². The first-order valence-corrected chi connectivity index (χ1v) is 6.30. The van der Waals surface area contributed by atoms with Gasteiger partial charge in [0.15, 0.2) is 5.69 Å². The van der Waals surface area contributed by atoms with E-state index in [0.29, 0.717) is 5.01 Å². The maximum Gasteiger partial charge on any atom is 0.390 e. The van der Waals surface area contributed by atoms with Gasteiger partial charge in [0, 0.05) is 19.0 Å². The second-order valence-corrected chi connectivity index (χ2v) is 4.82. The van der Waals surface area contributed by atoms with Crippen molar-refractivity contribution in [2.45, 2.75) is 19.1 Å². The number of aromatic nitrogens is 1. The molecule has 0 saturated heterocycles. The zero-order chi connectivity index (χ0) is 15.3. The second-order valence-electron chi connectivity index (χ2n) is 3.88. The summed E-state index contributed by atoms with van der Waals surface area (Å²) in [5.74, 6) is -1.18. The van der Waals surface area contributed by atoms with Crippen LogP contribution in [0.25, 0.3) is 0 Å². The van der Waals surface area contributed by atoms with Gasteiger partial charge in [0.2, 0.25) is 0 Å². The number of nitrogens with one attached hydrogen (secondary N) is 1. The molecule has 2 N–H and O–H groups in total. The van der Waals surface area contributed by atoms with Gasteiger partial charge in [0.1, 0.15) is 5.01 Å². The average molecular weight is 311 g/mol. The fraction of sp³-hybridized carbons (Fsp3) is 0.500. The maximum absolute atomic E-state index is 12.0. The molecule has 1 heterocycles. The number of carboxylic acid groups (broad SMARTS) is 1. The van der Waals surface area contributed by atoms with Crippen LogP contribution in [0.5, 0.6) is 0 Å². The highest BCUT2D eigenvalue weighted by molar-refractivity contribution is 7.09. The number of urea groups is 1. The molecule has 112 valence electrons. The molecule has 20 heavy (non-hydrogen) atoms. The molecule has 6 nitrogen and oxygen atoms in total. The highest BCUT2D eigenvalue weighted by atomic mass is 32.1. The number of carbonyl (C=O) groups is 2. The number of thiazole rings is 1. The lowest BCUT2D eigenvalue weighted by Gasteiger charge is -2.18. The molecular formula is C10H12F3N3O3S. The molecule has 0 atom stereocenters. The van der Waals surface area contributed by atoms with E-state index in [0.717, 1.165) is 16.2 Å². The van der Waals surface area contributed by atoms with Crippen LogP contribution in [0.15, 0.2) is 5.38 Å². The second kappa shape index (κ2) is 6.55. The van der Waals surface area contributed by atoms with Crippen LogP contribution in [0.1, 0.15) is 21.9 Å². The molecule has 0 aliphatic carbocycles. The highest BCUT2D eigenvalue weighted by Gasteiger charge is 2.28. The van der Waals surface area contributed by atoms with Gasteiger partial charge in [-0.3, -0.25) is 0 Å². The first-order chi connectivity index (χ1) is 9.19. The number of hydrogen-bond acceptors (Lipinski definition) is 4. The topological polar surface area (TPSA) is 82.5 Å². The van der Waals surface area contributed by atoms with E-state index >= 15 is 0 Å². The summed E-state index contributed by atoms with van der Waals surface area (Å²) >= 11 is 1.04. The zero-order valence-electron chi connectivity index (χ0n) is 10.4. The van der Waals surface area contributed by atoms with Crippen molar-refractivity contribution in [1.29, 1.82) is 0 Å². The summed E-state index contributed by atoms with van der Waals surface area (Å²) in [5.41, 5.74) is -0.135. The van der Waals surface area contributed by atoms with Crippen LogP contribution in [-0.4, -0.2) is 46.8 Å². The summed E-state index contributed by atoms with van der Waals surface area (Å²) < 4.78 is 36.0. The van der Waals surface area contributed by atoms with E-state index in [9.17, 15) is 22.8 Å². The zero-order valence-corrected chi connectivity index (χ0v) is 11.2.